The molecular weight excluding hydrogens is 340 g/mol. The van der Waals surface area contributed by atoms with E-state index in [2.05, 4.69) is 10.3 Å². The first-order valence-electron chi connectivity index (χ1n) is 7.80. The summed E-state index contributed by atoms with van der Waals surface area (Å²) in [5.41, 5.74) is 3.22. The second-order valence-electron chi connectivity index (χ2n) is 5.69. The molecule has 0 spiro atoms. The van der Waals surface area contributed by atoms with Gasteiger partial charge in [-0.15, -0.1) is 0 Å². The van der Waals surface area contributed by atoms with Crippen LogP contribution < -0.4 is 14.8 Å². The molecule has 5 nitrogen and oxygen atoms in total. The van der Waals surface area contributed by atoms with E-state index in [0.29, 0.717) is 28.8 Å². The average Bonchev–Trinajstić information content (AvgIpc) is 2.95. The lowest BCUT2D eigenvalue weighted by Crippen LogP contribution is -2.23. The summed E-state index contributed by atoms with van der Waals surface area (Å²) in [6, 6.07) is 11.1. The maximum absolute atomic E-state index is 12.5. The molecule has 0 aliphatic carbocycles. The van der Waals surface area contributed by atoms with Crippen molar-refractivity contribution >= 4 is 28.4 Å². The van der Waals surface area contributed by atoms with E-state index in [0.717, 1.165) is 22.0 Å². The van der Waals surface area contributed by atoms with E-state index in [-0.39, 0.29) is 5.91 Å². The maximum atomic E-state index is 12.5. The van der Waals surface area contributed by atoms with Crippen LogP contribution in [0.25, 0.3) is 10.9 Å². The molecule has 0 aliphatic rings. The normalized spacial score (nSPS) is 10.7. The molecular formula is C19H19ClN2O3. The Balaban J connectivity index is 1.78. The van der Waals surface area contributed by atoms with Crippen LogP contribution in [0.2, 0.25) is 5.02 Å². The first kappa shape index (κ1) is 17.2. The number of fused-ring (bicyclic) bond motifs is 1. The van der Waals surface area contributed by atoms with Crippen LogP contribution in [0.3, 0.4) is 0 Å². The number of methoxy groups -OCH3 is 2. The third-order valence-corrected chi connectivity index (χ3v) is 4.38. The lowest BCUT2D eigenvalue weighted by molar-refractivity contribution is 0.0946. The standard InChI is InChI=1S/C19H19ClN2O3/c1-11-14-9-13(20)5-6-15(14)22-18(11)19(23)21-10-12-4-7-16(24-2)17(8-12)25-3/h4-9,22H,10H2,1-3H3,(H,21,23). The second kappa shape index (κ2) is 7.07. The zero-order valence-electron chi connectivity index (χ0n) is 14.3. The van der Waals surface area contributed by atoms with Crippen LogP contribution >= 0.6 is 11.6 Å². The number of aryl methyl sites for hydroxylation is 1. The minimum absolute atomic E-state index is 0.167. The molecule has 0 atom stereocenters. The third-order valence-electron chi connectivity index (χ3n) is 4.15. The van der Waals surface area contributed by atoms with Crippen molar-refractivity contribution < 1.29 is 14.3 Å². The lowest BCUT2D eigenvalue weighted by atomic mass is 10.1. The molecule has 0 bridgehead atoms. The fourth-order valence-electron chi connectivity index (χ4n) is 2.79. The number of amides is 1. The molecule has 0 aliphatic heterocycles. The molecule has 6 heteroatoms. The number of carbonyl (C=O) groups is 1. The van der Waals surface area contributed by atoms with E-state index in [9.17, 15) is 4.79 Å². The Morgan fingerprint density at radius 1 is 1.12 bits per heavy atom. The largest absolute Gasteiger partial charge is 0.493 e. The Morgan fingerprint density at radius 2 is 1.88 bits per heavy atom. The van der Waals surface area contributed by atoms with Gasteiger partial charge in [-0.3, -0.25) is 4.79 Å². The molecule has 2 N–H and O–H groups in total. The smallest absolute Gasteiger partial charge is 0.268 e. The van der Waals surface area contributed by atoms with Crippen LogP contribution in [0.15, 0.2) is 36.4 Å². The van der Waals surface area contributed by atoms with Crippen molar-refractivity contribution in [2.45, 2.75) is 13.5 Å². The van der Waals surface area contributed by atoms with Gasteiger partial charge in [0.1, 0.15) is 5.69 Å². The van der Waals surface area contributed by atoms with Gasteiger partial charge in [-0.25, -0.2) is 0 Å². The van der Waals surface area contributed by atoms with Crippen LogP contribution in [0.4, 0.5) is 0 Å². The fraction of sp³-hybridized carbons (Fsp3) is 0.211. The zero-order chi connectivity index (χ0) is 18.0. The fourth-order valence-corrected chi connectivity index (χ4v) is 2.96. The summed E-state index contributed by atoms with van der Waals surface area (Å²) in [6.45, 7) is 2.29. The van der Waals surface area contributed by atoms with E-state index in [4.69, 9.17) is 21.1 Å². The molecule has 0 unspecified atom stereocenters. The Labute approximate surface area is 150 Å². The molecule has 3 rings (SSSR count). The number of ether oxygens (including phenoxy) is 2. The molecule has 25 heavy (non-hydrogen) atoms. The second-order valence-corrected chi connectivity index (χ2v) is 6.12. The number of H-pyrrole nitrogens is 1. The Morgan fingerprint density at radius 3 is 2.60 bits per heavy atom. The Kier molecular flexibility index (Phi) is 4.86. The van der Waals surface area contributed by atoms with Crippen molar-refractivity contribution in [1.82, 2.24) is 10.3 Å². The van der Waals surface area contributed by atoms with Crippen molar-refractivity contribution in [3.8, 4) is 11.5 Å². The number of benzene rings is 2. The monoisotopic (exact) mass is 358 g/mol. The van der Waals surface area contributed by atoms with Gasteiger partial charge in [-0.2, -0.15) is 0 Å². The first-order valence-corrected chi connectivity index (χ1v) is 8.18. The number of hydrogen-bond acceptors (Lipinski definition) is 3. The van der Waals surface area contributed by atoms with E-state index in [1.807, 2.05) is 37.3 Å². The van der Waals surface area contributed by atoms with Gasteiger partial charge in [0, 0.05) is 22.5 Å². The van der Waals surface area contributed by atoms with Crippen LogP contribution in [-0.2, 0) is 6.54 Å². The molecule has 1 aromatic heterocycles. The van der Waals surface area contributed by atoms with Gasteiger partial charge >= 0.3 is 0 Å². The van der Waals surface area contributed by atoms with Gasteiger partial charge in [0.2, 0.25) is 0 Å². The maximum Gasteiger partial charge on any atom is 0.268 e. The van der Waals surface area contributed by atoms with E-state index in [1.54, 1.807) is 20.3 Å². The molecule has 0 saturated heterocycles. The van der Waals surface area contributed by atoms with Gasteiger partial charge in [-0.1, -0.05) is 17.7 Å². The van der Waals surface area contributed by atoms with E-state index < -0.39 is 0 Å². The molecule has 1 amide bonds. The highest BCUT2D eigenvalue weighted by molar-refractivity contribution is 6.31. The summed E-state index contributed by atoms with van der Waals surface area (Å²) in [5, 5.41) is 4.51. The highest BCUT2D eigenvalue weighted by Gasteiger charge is 2.15. The average molecular weight is 359 g/mol. The van der Waals surface area contributed by atoms with Gasteiger partial charge in [0.15, 0.2) is 11.5 Å². The topological polar surface area (TPSA) is 63.3 Å². The molecule has 130 valence electrons. The van der Waals surface area contributed by atoms with Crippen molar-refractivity contribution in [2.75, 3.05) is 14.2 Å². The minimum Gasteiger partial charge on any atom is -0.493 e. The number of nitrogens with one attached hydrogen (secondary N) is 2. The quantitative estimate of drug-likeness (QED) is 0.722. The number of hydrogen-bond donors (Lipinski definition) is 2. The van der Waals surface area contributed by atoms with Crippen LogP contribution in [-0.4, -0.2) is 25.1 Å². The van der Waals surface area contributed by atoms with Gasteiger partial charge in [0.05, 0.1) is 14.2 Å². The number of halogens is 1. The summed E-state index contributed by atoms with van der Waals surface area (Å²) >= 11 is 6.04. The van der Waals surface area contributed by atoms with Gasteiger partial charge < -0.3 is 19.8 Å². The van der Waals surface area contributed by atoms with Crippen molar-refractivity contribution in [3.63, 3.8) is 0 Å². The predicted molar refractivity (Wildman–Crippen MR) is 98.8 cm³/mol. The van der Waals surface area contributed by atoms with E-state index in [1.165, 1.54) is 0 Å². The predicted octanol–water partition coefficient (Wildman–Crippen LogP) is 4.08. The van der Waals surface area contributed by atoms with Crippen molar-refractivity contribution in [3.05, 3.63) is 58.2 Å². The minimum atomic E-state index is -0.167. The number of aromatic amines is 1. The summed E-state index contributed by atoms with van der Waals surface area (Å²) in [5.74, 6) is 1.12. The summed E-state index contributed by atoms with van der Waals surface area (Å²) in [4.78, 5) is 15.7. The van der Waals surface area contributed by atoms with Crippen molar-refractivity contribution in [1.29, 1.82) is 0 Å². The molecule has 0 saturated carbocycles. The summed E-state index contributed by atoms with van der Waals surface area (Å²) in [7, 11) is 3.17. The summed E-state index contributed by atoms with van der Waals surface area (Å²) < 4.78 is 10.5. The third kappa shape index (κ3) is 3.42. The van der Waals surface area contributed by atoms with E-state index >= 15 is 0 Å². The molecule has 2 aromatic carbocycles. The van der Waals surface area contributed by atoms with Gasteiger partial charge in [-0.05, 0) is 48.4 Å². The van der Waals surface area contributed by atoms with Crippen molar-refractivity contribution in [2.24, 2.45) is 0 Å². The highest BCUT2D eigenvalue weighted by atomic mass is 35.5. The van der Waals surface area contributed by atoms with Gasteiger partial charge in [0.25, 0.3) is 5.91 Å². The molecule has 0 fully saturated rings. The summed E-state index contributed by atoms with van der Waals surface area (Å²) in [6.07, 6.45) is 0. The Hall–Kier alpha value is -2.66. The van der Waals surface area contributed by atoms with Crippen LogP contribution in [0.5, 0.6) is 11.5 Å². The lowest BCUT2D eigenvalue weighted by Gasteiger charge is -2.10. The Bertz CT molecular complexity index is 934. The number of aromatic nitrogens is 1. The van der Waals surface area contributed by atoms with Crippen LogP contribution in [0, 0.1) is 6.92 Å². The SMILES string of the molecule is COc1ccc(CNC(=O)c2[nH]c3ccc(Cl)cc3c2C)cc1OC. The van der Waals surface area contributed by atoms with Crippen LogP contribution in [0.1, 0.15) is 21.6 Å². The highest BCUT2D eigenvalue weighted by Crippen LogP contribution is 2.28. The zero-order valence-corrected chi connectivity index (χ0v) is 15.0. The molecule has 1 heterocycles. The number of carbonyl (C=O) groups excluding carboxylic acids is 1. The molecule has 0 radical (unpaired) electrons. The number of rotatable bonds is 5. The molecule has 3 aromatic rings. The first-order chi connectivity index (χ1) is 12.0.